The molecule has 2 aromatic rings. The average Bonchev–Trinajstić information content (AvgIpc) is 3.00. The number of para-hydroxylation sites is 1. The van der Waals surface area contributed by atoms with Gasteiger partial charge in [-0.25, -0.2) is 9.78 Å². The minimum atomic E-state index is -0.938. The molecule has 0 saturated heterocycles. The molecule has 5 nitrogen and oxygen atoms in total. The maximum Gasteiger partial charge on any atom is 0.405 e. The van der Waals surface area contributed by atoms with Crippen LogP contribution in [0.2, 0.25) is 0 Å². The highest BCUT2D eigenvalue weighted by atomic mass is 32.1. The Morgan fingerprint density at radius 3 is 2.50 bits per heavy atom. The molecule has 1 atom stereocenters. The van der Waals surface area contributed by atoms with E-state index in [4.69, 9.17) is 10.1 Å². The molecular formula is C18H22N2O3S. The summed E-state index contributed by atoms with van der Waals surface area (Å²) in [6.07, 6.45) is 3.47. The third kappa shape index (κ3) is 2.40. The number of aryl methyl sites for hydroxylation is 1. The van der Waals surface area contributed by atoms with Crippen molar-refractivity contribution >= 4 is 27.6 Å². The number of nitrogens with zero attached hydrogens (tertiary/aromatic N) is 1. The van der Waals surface area contributed by atoms with Crippen LogP contribution in [-0.4, -0.2) is 26.8 Å². The molecule has 0 radical (unpaired) electrons. The maximum atomic E-state index is 11.1. The molecule has 1 amide bonds. The highest BCUT2D eigenvalue weighted by Gasteiger charge is 2.53. The monoisotopic (exact) mass is 346 g/mol. The molecule has 128 valence electrons. The van der Waals surface area contributed by atoms with Crippen LogP contribution in [0.4, 0.5) is 4.79 Å². The van der Waals surface area contributed by atoms with Crippen molar-refractivity contribution in [1.82, 2.24) is 10.3 Å². The zero-order valence-corrected chi connectivity index (χ0v) is 14.5. The number of fused-ring (bicyclic) bond motifs is 4. The molecule has 1 aromatic carbocycles. The smallest absolute Gasteiger partial charge is 0.405 e. The molecule has 3 N–H and O–H groups in total. The standard InChI is InChI=1S/C18H22N2O3S/c1-11-3-2-4-12-13(11)19-15(24-12)14(21)17-5-8-18(9-6-17,10-7-17)20-16(22)23/h2-4,14,20-21H,5-10H2,1H3,(H,22,23). The highest BCUT2D eigenvalue weighted by Crippen LogP contribution is 2.58. The summed E-state index contributed by atoms with van der Waals surface area (Å²) in [6.45, 7) is 2.05. The van der Waals surface area contributed by atoms with Crippen molar-refractivity contribution in [3.8, 4) is 0 Å². The Balaban J connectivity index is 1.60. The maximum absolute atomic E-state index is 11.1. The Bertz CT molecular complexity index is 776. The van der Waals surface area contributed by atoms with Crippen LogP contribution in [0.25, 0.3) is 10.2 Å². The van der Waals surface area contributed by atoms with Crippen molar-refractivity contribution in [2.75, 3.05) is 0 Å². The lowest BCUT2D eigenvalue weighted by molar-refractivity contribution is -0.0704. The van der Waals surface area contributed by atoms with Crippen molar-refractivity contribution in [1.29, 1.82) is 0 Å². The van der Waals surface area contributed by atoms with Gasteiger partial charge in [0, 0.05) is 11.0 Å². The molecule has 1 aromatic heterocycles. The normalized spacial score (nSPS) is 30.4. The van der Waals surface area contributed by atoms with Gasteiger partial charge in [-0.05, 0) is 57.1 Å². The molecule has 0 spiro atoms. The third-order valence-corrected chi connectivity index (χ3v) is 7.20. The van der Waals surface area contributed by atoms with Crippen LogP contribution in [0.3, 0.4) is 0 Å². The predicted octanol–water partition coefficient (Wildman–Crippen LogP) is 4.00. The molecule has 0 aliphatic heterocycles. The SMILES string of the molecule is Cc1cccc2sc(C(O)C34CCC(NC(=O)O)(CC3)CC4)nc12. The van der Waals surface area contributed by atoms with Gasteiger partial charge in [-0.15, -0.1) is 11.3 Å². The fraction of sp³-hybridized carbons (Fsp3) is 0.556. The molecule has 3 aliphatic rings. The van der Waals surface area contributed by atoms with E-state index in [1.165, 1.54) is 0 Å². The average molecular weight is 346 g/mol. The molecule has 1 unspecified atom stereocenters. The van der Waals surface area contributed by atoms with E-state index in [9.17, 15) is 9.90 Å². The Labute approximate surface area is 144 Å². The zero-order valence-electron chi connectivity index (χ0n) is 13.7. The van der Waals surface area contributed by atoms with Crippen LogP contribution in [0.1, 0.15) is 55.2 Å². The first-order chi connectivity index (χ1) is 11.4. The van der Waals surface area contributed by atoms with Crippen molar-refractivity contribution < 1.29 is 15.0 Å². The number of aromatic nitrogens is 1. The summed E-state index contributed by atoms with van der Waals surface area (Å²) in [5.74, 6) is 0. The summed E-state index contributed by atoms with van der Waals surface area (Å²) in [6, 6.07) is 6.12. The first-order valence-electron chi connectivity index (χ1n) is 8.48. The second kappa shape index (κ2) is 5.43. The van der Waals surface area contributed by atoms with Gasteiger partial charge in [0.15, 0.2) is 0 Å². The van der Waals surface area contributed by atoms with Crippen LogP contribution in [-0.2, 0) is 0 Å². The molecule has 6 heteroatoms. The van der Waals surface area contributed by atoms with Crippen molar-refractivity contribution in [3.63, 3.8) is 0 Å². The molecule has 1 heterocycles. The number of hydrogen-bond acceptors (Lipinski definition) is 4. The summed E-state index contributed by atoms with van der Waals surface area (Å²) in [5, 5.41) is 23.7. The van der Waals surface area contributed by atoms with E-state index in [1.54, 1.807) is 11.3 Å². The minimum absolute atomic E-state index is 0.149. The van der Waals surface area contributed by atoms with E-state index in [-0.39, 0.29) is 11.0 Å². The second-order valence-electron chi connectivity index (χ2n) is 7.45. The van der Waals surface area contributed by atoms with Gasteiger partial charge in [0.1, 0.15) is 11.1 Å². The van der Waals surface area contributed by atoms with Gasteiger partial charge in [0.25, 0.3) is 0 Å². The molecule has 2 bridgehead atoms. The predicted molar refractivity (Wildman–Crippen MR) is 93.3 cm³/mol. The van der Waals surface area contributed by atoms with Gasteiger partial charge in [0.2, 0.25) is 0 Å². The number of aliphatic hydroxyl groups excluding tert-OH is 1. The van der Waals surface area contributed by atoms with Crippen LogP contribution >= 0.6 is 11.3 Å². The summed E-state index contributed by atoms with van der Waals surface area (Å²) < 4.78 is 1.12. The largest absolute Gasteiger partial charge is 0.465 e. The number of rotatable bonds is 3. The van der Waals surface area contributed by atoms with Gasteiger partial charge >= 0.3 is 6.09 Å². The lowest BCUT2D eigenvalue weighted by atomic mass is 9.55. The van der Waals surface area contributed by atoms with E-state index in [0.717, 1.165) is 59.3 Å². The van der Waals surface area contributed by atoms with Gasteiger partial charge in [-0.3, -0.25) is 0 Å². The van der Waals surface area contributed by atoms with Gasteiger partial charge in [-0.1, -0.05) is 12.1 Å². The Morgan fingerprint density at radius 1 is 1.25 bits per heavy atom. The van der Waals surface area contributed by atoms with E-state index in [2.05, 4.69) is 11.4 Å². The van der Waals surface area contributed by atoms with Crippen molar-refractivity contribution in [2.24, 2.45) is 5.41 Å². The fourth-order valence-electron chi connectivity index (χ4n) is 4.52. The van der Waals surface area contributed by atoms with Crippen molar-refractivity contribution in [2.45, 2.75) is 57.1 Å². The number of carbonyl (C=O) groups is 1. The molecule has 3 fully saturated rings. The van der Waals surface area contributed by atoms with Gasteiger partial charge < -0.3 is 15.5 Å². The van der Waals surface area contributed by atoms with Crippen LogP contribution in [0.5, 0.6) is 0 Å². The second-order valence-corrected chi connectivity index (χ2v) is 8.51. The lowest BCUT2D eigenvalue weighted by Gasteiger charge is -2.54. The summed E-state index contributed by atoms with van der Waals surface area (Å²) in [4.78, 5) is 15.8. The van der Waals surface area contributed by atoms with Crippen LogP contribution < -0.4 is 5.32 Å². The topological polar surface area (TPSA) is 82.5 Å². The van der Waals surface area contributed by atoms with E-state index in [1.807, 2.05) is 19.1 Å². The lowest BCUT2D eigenvalue weighted by Crippen LogP contribution is -2.57. The van der Waals surface area contributed by atoms with Gasteiger partial charge in [0.05, 0.1) is 10.2 Å². The van der Waals surface area contributed by atoms with Gasteiger partial charge in [-0.2, -0.15) is 0 Å². The molecule has 3 aliphatic carbocycles. The first-order valence-corrected chi connectivity index (χ1v) is 9.30. The zero-order chi connectivity index (χ0) is 16.9. The number of amides is 1. The first kappa shape index (κ1) is 15.8. The number of nitrogens with one attached hydrogen (secondary N) is 1. The van der Waals surface area contributed by atoms with Crippen LogP contribution in [0, 0.1) is 12.3 Å². The summed E-state index contributed by atoms with van der Waals surface area (Å²) in [5.41, 5.74) is 1.69. The molecule has 3 saturated carbocycles. The Hall–Kier alpha value is -1.66. The third-order valence-electron chi connectivity index (χ3n) is 6.13. The number of benzene rings is 1. The number of hydrogen-bond donors (Lipinski definition) is 3. The minimum Gasteiger partial charge on any atom is -0.465 e. The van der Waals surface area contributed by atoms with E-state index < -0.39 is 12.2 Å². The summed E-state index contributed by atoms with van der Waals surface area (Å²) >= 11 is 1.58. The fourth-order valence-corrected chi connectivity index (χ4v) is 5.70. The number of aliphatic hydroxyl groups is 1. The summed E-state index contributed by atoms with van der Waals surface area (Å²) in [7, 11) is 0. The van der Waals surface area contributed by atoms with E-state index >= 15 is 0 Å². The number of thiazole rings is 1. The van der Waals surface area contributed by atoms with Crippen LogP contribution in [0.15, 0.2) is 18.2 Å². The highest BCUT2D eigenvalue weighted by molar-refractivity contribution is 7.18. The quantitative estimate of drug-likeness (QED) is 0.784. The Morgan fingerprint density at radius 2 is 1.92 bits per heavy atom. The van der Waals surface area contributed by atoms with E-state index in [0.29, 0.717) is 0 Å². The number of carboxylic acid groups (broad SMARTS) is 1. The van der Waals surface area contributed by atoms with Crippen molar-refractivity contribution in [3.05, 3.63) is 28.8 Å². The molecule has 5 rings (SSSR count). The molecular weight excluding hydrogens is 324 g/mol. The molecule has 24 heavy (non-hydrogen) atoms. The Kier molecular flexibility index (Phi) is 3.58.